The molecular weight excluding hydrogens is 360 g/mol. The summed E-state index contributed by atoms with van der Waals surface area (Å²) in [6.07, 6.45) is -1.24. The van der Waals surface area contributed by atoms with Gasteiger partial charge in [0, 0.05) is 17.0 Å². The van der Waals surface area contributed by atoms with Crippen LogP contribution in [0.3, 0.4) is 0 Å². The third-order valence-corrected chi connectivity index (χ3v) is 4.01. The predicted octanol–water partition coefficient (Wildman–Crippen LogP) is 3.71. The van der Waals surface area contributed by atoms with E-state index < -0.39 is 6.09 Å². The first-order valence-corrected chi connectivity index (χ1v) is 8.06. The largest absolute Gasteiger partial charge is 0.465 e. The summed E-state index contributed by atoms with van der Waals surface area (Å²) in [5.74, 6) is 1.86. The number of amides is 1. The van der Waals surface area contributed by atoms with Crippen LogP contribution in [0.4, 0.5) is 16.6 Å². The van der Waals surface area contributed by atoms with Crippen LogP contribution in [0, 0.1) is 0 Å². The maximum absolute atomic E-state index is 10.9. The molecule has 0 aliphatic carbocycles. The summed E-state index contributed by atoms with van der Waals surface area (Å²) in [5, 5.41) is 15.5. The van der Waals surface area contributed by atoms with Crippen LogP contribution in [0.5, 0.6) is 11.5 Å². The average molecular weight is 373 g/mol. The number of carbonyl (C=O) groups is 1. The highest BCUT2D eigenvalue weighted by Gasteiger charge is 2.14. The van der Waals surface area contributed by atoms with Crippen LogP contribution in [-0.4, -0.2) is 28.0 Å². The Kier molecular flexibility index (Phi) is 4.10. The fourth-order valence-corrected chi connectivity index (χ4v) is 2.80. The van der Waals surface area contributed by atoms with Crippen molar-refractivity contribution < 1.29 is 19.4 Å². The summed E-state index contributed by atoms with van der Waals surface area (Å²) in [6.45, 7) is 0.660. The quantitative estimate of drug-likeness (QED) is 0.641. The van der Waals surface area contributed by atoms with Crippen LogP contribution in [0.1, 0.15) is 5.56 Å². The third kappa shape index (κ3) is 3.27. The van der Waals surface area contributed by atoms with Gasteiger partial charge in [0.05, 0.1) is 5.52 Å². The molecule has 0 saturated heterocycles. The molecule has 9 heteroatoms. The zero-order valence-electron chi connectivity index (χ0n) is 13.3. The molecule has 0 unspecified atom stereocenters. The molecular formula is C17H13ClN4O4. The first-order chi connectivity index (χ1) is 12.6. The lowest BCUT2D eigenvalue weighted by Gasteiger charge is -2.11. The monoisotopic (exact) mass is 372 g/mol. The van der Waals surface area contributed by atoms with Gasteiger partial charge in [-0.05, 0) is 35.9 Å². The molecule has 0 saturated carbocycles. The molecule has 1 aliphatic heterocycles. The van der Waals surface area contributed by atoms with Crippen LogP contribution >= 0.6 is 11.6 Å². The highest BCUT2D eigenvalue weighted by molar-refractivity contribution is 6.31. The lowest BCUT2D eigenvalue weighted by atomic mass is 10.2. The highest BCUT2D eigenvalue weighted by Crippen LogP contribution is 2.33. The minimum atomic E-state index is -1.24. The molecule has 26 heavy (non-hydrogen) atoms. The van der Waals surface area contributed by atoms with Gasteiger partial charge in [0.2, 0.25) is 12.7 Å². The summed E-state index contributed by atoms with van der Waals surface area (Å²) >= 11 is 6.07. The Morgan fingerprint density at radius 1 is 1.15 bits per heavy atom. The fraction of sp³-hybridized carbons (Fsp3) is 0.118. The number of nitrogens with one attached hydrogen (secondary N) is 2. The standard InChI is InChI=1S/C17H13ClN4O4/c18-10-2-3-12-11(6-10)15(21-16(20-12)22-17(23)24)19-7-9-1-4-13-14(5-9)26-8-25-13/h1-6H,7-8H2,(H,23,24)(H2,19,20,21,22). The van der Waals surface area contributed by atoms with E-state index in [1.54, 1.807) is 18.2 Å². The first-order valence-electron chi connectivity index (χ1n) is 7.68. The Morgan fingerprint density at radius 3 is 2.85 bits per heavy atom. The van der Waals surface area contributed by atoms with Crippen molar-refractivity contribution in [1.29, 1.82) is 0 Å². The minimum Gasteiger partial charge on any atom is -0.465 e. The highest BCUT2D eigenvalue weighted by atomic mass is 35.5. The van der Waals surface area contributed by atoms with Gasteiger partial charge in [0.25, 0.3) is 0 Å². The van der Waals surface area contributed by atoms with E-state index >= 15 is 0 Å². The van der Waals surface area contributed by atoms with Gasteiger partial charge in [0.15, 0.2) is 11.5 Å². The van der Waals surface area contributed by atoms with E-state index in [1.165, 1.54) is 0 Å². The molecule has 1 amide bonds. The molecule has 4 rings (SSSR count). The topological polar surface area (TPSA) is 106 Å². The van der Waals surface area contributed by atoms with Gasteiger partial charge < -0.3 is 19.9 Å². The van der Waals surface area contributed by atoms with E-state index in [-0.39, 0.29) is 12.7 Å². The van der Waals surface area contributed by atoms with Gasteiger partial charge in [-0.2, -0.15) is 4.98 Å². The molecule has 8 nitrogen and oxygen atoms in total. The lowest BCUT2D eigenvalue weighted by molar-refractivity contribution is 0.174. The van der Waals surface area contributed by atoms with Crippen molar-refractivity contribution in [2.75, 3.05) is 17.4 Å². The van der Waals surface area contributed by atoms with Crippen molar-refractivity contribution in [2.45, 2.75) is 6.54 Å². The van der Waals surface area contributed by atoms with Crippen molar-refractivity contribution in [3.8, 4) is 11.5 Å². The zero-order valence-corrected chi connectivity index (χ0v) is 14.1. The van der Waals surface area contributed by atoms with Gasteiger partial charge in [-0.3, -0.25) is 5.32 Å². The molecule has 0 spiro atoms. The Labute approximate surface area is 152 Å². The SMILES string of the molecule is O=C(O)Nc1nc(NCc2ccc3c(c2)OCO3)c2cc(Cl)ccc2n1. The Morgan fingerprint density at radius 2 is 2.00 bits per heavy atom. The zero-order chi connectivity index (χ0) is 18.1. The summed E-state index contributed by atoms with van der Waals surface area (Å²) in [6, 6.07) is 10.7. The van der Waals surface area contributed by atoms with Crippen LogP contribution < -0.4 is 20.1 Å². The molecule has 2 heterocycles. The number of halogens is 1. The number of ether oxygens (including phenoxy) is 2. The Hall–Kier alpha value is -3.26. The lowest BCUT2D eigenvalue weighted by Crippen LogP contribution is -2.12. The van der Waals surface area contributed by atoms with Crippen LogP contribution in [0.15, 0.2) is 36.4 Å². The molecule has 0 atom stereocenters. The second-order valence-electron chi connectivity index (χ2n) is 5.53. The van der Waals surface area contributed by atoms with Gasteiger partial charge in [-0.25, -0.2) is 9.78 Å². The molecule has 0 fully saturated rings. The van der Waals surface area contributed by atoms with E-state index in [0.29, 0.717) is 39.8 Å². The van der Waals surface area contributed by atoms with Gasteiger partial charge in [0.1, 0.15) is 5.82 Å². The molecule has 1 aliphatic rings. The van der Waals surface area contributed by atoms with E-state index in [1.807, 2.05) is 18.2 Å². The van der Waals surface area contributed by atoms with Gasteiger partial charge in [-0.1, -0.05) is 17.7 Å². The number of hydrogen-bond acceptors (Lipinski definition) is 6. The van der Waals surface area contributed by atoms with E-state index in [0.717, 1.165) is 5.56 Å². The fourth-order valence-electron chi connectivity index (χ4n) is 2.62. The van der Waals surface area contributed by atoms with Crippen LogP contribution in [-0.2, 0) is 6.54 Å². The second kappa shape index (κ2) is 6.57. The predicted molar refractivity (Wildman–Crippen MR) is 96.1 cm³/mol. The molecule has 2 aromatic carbocycles. The first kappa shape index (κ1) is 16.2. The van der Waals surface area contributed by atoms with Crippen molar-refractivity contribution >= 4 is 40.4 Å². The molecule has 3 aromatic rings. The maximum atomic E-state index is 10.9. The van der Waals surface area contributed by atoms with Crippen molar-refractivity contribution in [3.63, 3.8) is 0 Å². The number of hydrogen-bond donors (Lipinski definition) is 3. The normalized spacial score (nSPS) is 12.2. The summed E-state index contributed by atoms with van der Waals surface area (Å²) < 4.78 is 10.7. The number of nitrogens with zero attached hydrogens (tertiary/aromatic N) is 2. The average Bonchev–Trinajstić information content (AvgIpc) is 3.07. The Balaban J connectivity index is 1.65. The van der Waals surface area contributed by atoms with Gasteiger partial charge >= 0.3 is 6.09 Å². The Bertz CT molecular complexity index is 1010. The smallest absolute Gasteiger partial charge is 0.411 e. The van der Waals surface area contributed by atoms with Crippen LogP contribution in [0.2, 0.25) is 5.02 Å². The number of benzene rings is 2. The van der Waals surface area contributed by atoms with E-state index in [2.05, 4.69) is 20.6 Å². The summed E-state index contributed by atoms with van der Waals surface area (Å²) in [4.78, 5) is 19.3. The molecule has 0 bridgehead atoms. The number of rotatable bonds is 4. The summed E-state index contributed by atoms with van der Waals surface area (Å²) in [7, 11) is 0. The van der Waals surface area contributed by atoms with Crippen molar-refractivity contribution in [2.24, 2.45) is 0 Å². The maximum Gasteiger partial charge on any atom is 0.411 e. The number of aromatic nitrogens is 2. The van der Waals surface area contributed by atoms with Gasteiger partial charge in [-0.15, -0.1) is 0 Å². The molecule has 1 aromatic heterocycles. The van der Waals surface area contributed by atoms with E-state index in [9.17, 15) is 4.79 Å². The molecule has 3 N–H and O–H groups in total. The van der Waals surface area contributed by atoms with Crippen molar-refractivity contribution in [3.05, 3.63) is 47.0 Å². The molecule has 132 valence electrons. The number of fused-ring (bicyclic) bond motifs is 2. The van der Waals surface area contributed by atoms with Crippen LogP contribution in [0.25, 0.3) is 10.9 Å². The number of carboxylic acid groups (broad SMARTS) is 1. The molecule has 0 radical (unpaired) electrons. The van der Waals surface area contributed by atoms with Crippen molar-refractivity contribution in [1.82, 2.24) is 9.97 Å². The van der Waals surface area contributed by atoms with E-state index in [4.69, 9.17) is 26.2 Å². The second-order valence-corrected chi connectivity index (χ2v) is 5.97. The third-order valence-electron chi connectivity index (χ3n) is 3.77. The summed E-state index contributed by atoms with van der Waals surface area (Å²) in [5.41, 5.74) is 1.53. The minimum absolute atomic E-state index is 0.0134. The number of anilines is 2.